The van der Waals surface area contributed by atoms with Crippen molar-refractivity contribution in [2.75, 3.05) is 6.61 Å². The third kappa shape index (κ3) is 9.66. The summed E-state index contributed by atoms with van der Waals surface area (Å²) < 4.78 is 7.66. The van der Waals surface area contributed by atoms with E-state index >= 15 is 0 Å². The van der Waals surface area contributed by atoms with Crippen LogP contribution in [-0.2, 0) is 9.53 Å². The van der Waals surface area contributed by atoms with Gasteiger partial charge in [0.15, 0.2) is 0 Å². The lowest BCUT2D eigenvalue weighted by Gasteiger charge is -2.24. The second-order valence-electron chi connectivity index (χ2n) is 10.9. The van der Waals surface area contributed by atoms with Gasteiger partial charge in [0.25, 0.3) is 0 Å². The molecule has 36 heavy (non-hydrogen) atoms. The van der Waals surface area contributed by atoms with Gasteiger partial charge in [0, 0.05) is 35.3 Å². The largest absolute Gasteiger partial charge is 0.463 e. The number of hydrogen-bond donors (Lipinski definition) is 0. The van der Waals surface area contributed by atoms with E-state index in [4.69, 9.17) is 4.74 Å². The van der Waals surface area contributed by atoms with Gasteiger partial charge in [-0.3, -0.25) is 0 Å². The number of rotatable bonds is 13. The minimum atomic E-state index is -1.58. The second-order valence-corrected chi connectivity index (χ2v) is 15.9. The average molecular weight is 508 g/mol. The fourth-order valence-electron chi connectivity index (χ4n) is 4.73. The zero-order valence-corrected chi connectivity index (χ0v) is 24.8. The summed E-state index contributed by atoms with van der Waals surface area (Å²) in [6.45, 7) is 13.9. The highest BCUT2D eigenvalue weighted by Crippen LogP contribution is 2.34. The van der Waals surface area contributed by atoms with Gasteiger partial charge in [-0.05, 0) is 68.4 Å². The molecule has 3 nitrogen and oxygen atoms in total. The van der Waals surface area contributed by atoms with Crippen LogP contribution < -0.4 is 5.32 Å². The van der Waals surface area contributed by atoms with Gasteiger partial charge in [-0.2, -0.15) is 0 Å². The van der Waals surface area contributed by atoms with Gasteiger partial charge >= 0.3 is 5.97 Å². The molecule has 0 aliphatic heterocycles. The van der Waals surface area contributed by atoms with Crippen LogP contribution in [0.15, 0.2) is 47.2 Å². The maximum atomic E-state index is 12.4. The molecular weight excluding hydrogens is 458 g/mol. The van der Waals surface area contributed by atoms with Crippen molar-refractivity contribution in [3.63, 3.8) is 0 Å². The molecule has 0 N–H and O–H groups in total. The molecular formula is C32H49NO2Si. The maximum absolute atomic E-state index is 12.4. The molecule has 4 heteroatoms. The summed E-state index contributed by atoms with van der Waals surface area (Å²) in [6.07, 6.45) is 19.7. The van der Waals surface area contributed by atoms with Crippen molar-refractivity contribution in [2.45, 2.75) is 117 Å². The zero-order valence-electron chi connectivity index (χ0n) is 23.8. The van der Waals surface area contributed by atoms with Crippen LogP contribution in [0.3, 0.4) is 0 Å². The Morgan fingerprint density at radius 2 is 1.75 bits per heavy atom. The monoisotopic (exact) mass is 507 g/mol. The van der Waals surface area contributed by atoms with Gasteiger partial charge in [-0.1, -0.05) is 83.9 Å². The Balaban J connectivity index is 2.56. The Morgan fingerprint density at radius 3 is 2.42 bits per heavy atom. The summed E-state index contributed by atoms with van der Waals surface area (Å²) in [7, 11) is -1.58. The van der Waals surface area contributed by atoms with Crippen LogP contribution in [0.4, 0.5) is 0 Å². The van der Waals surface area contributed by atoms with E-state index < -0.39 is 8.07 Å². The molecule has 1 heterocycles. The lowest BCUT2D eigenvalue weighted by atomic mass is 9.97. The van der Waals surface area contributed by atoms with Crippen LogP contribution in [0.1, 0.15) is 97.8 Å². The van der Waals surface area contributed by atoms with Gasteiger partial charge in [-0.15, -0.1) is 0 Å². The molecule has 0 saturated carbocycles. The average Bonchev–Trinajstić information content (AvgIpc) is 3.27. The maximum Gasteiger partial charge on any atom is 0.331 e. The van der Waals surface area contributed by atoms with Gasteiger partial charge in [0.05, 0.1) is 14.7 Å². The second kappa shape index (κ2) is 15.8. The summed E-state index contributed by atoms with van der Waals surface area (Å²) in [5.74, 6) is 6.88. The van der Waals surface area contributed by atoms with Crippen molar-refractivity contribution in [2.24, 2.45) is 0 Å². The van der Waals surface area contributed by atoms with Crippen LogP contribution >= 0.6 is 0 Å². The lowest BCUT2D eigenvalue weighted by molar-refractivity contribution is -0.137. The first-order valence-electron chi connectivity index (χ1n) is 14.3. The molecule has 0 aromatic carbocycles. The number of unbranched alkanes of at least 4 members (excludes halogenated alkanes) is 7. The molecule has 0 fully saturated rings. The van der Waals surface area contributed by atoms with E-state index in [9.17, 15) is 4.79 Å². The van der Waals surface area contributed by atoms with Gasteiger partial charge in [-0.25, -0.2) is 4.79 Å². The van der Waals surface area contributed by atoms with E-state index in [1.807, 2.05) is 6.92 Å². The molecule has 0 saturated heterocycles. The number of nitrogens with zero attached hydrogens (tertiary/aromatic N) is 1. The third-order valence-electron chi connectivity index (χ3n) is 6.70. The number of hydrogen-bond acceptors (Lipinski definition) is 2. The first kappa shape index (κ1) is 30.0. The minimum absolute atomic E-state index is 0.254. The van der Waals surface area contributed by atoms with E-state index in [-0.39, 0.29) is 5.97 Å². The number of carbonyl (C=O) groups excluding carboxylic acids is 1. The highest BCUT2D eigenvalue weighted by atomic mass is 28.3. The molecule has 198 valence electrons. The topological polar surface area (TPSA) is 31.2 Å². The summed E-state index contributed by atoms with van der Waals surface area (Å²) in [4.78, 5) is 12.4. The van der Waals surface area contributed by atoms with Gasteiger partial charge < -0.3 is 9.30 Å². The van der Waals surface area contributed by atoms with Crippen LogP contribution in [0.5, 0.6) is 0 Å². The fourth-order valence-corrected chi connectivity index (χ4v) is 6.24. The molecule has 1 aromatic rings. The Hall–Kier alpha value is -2.25. The molecule has 0 bridgehead atoms. The lowest BCUT2D eigenvalue weighted by Crippen LogP contribution is -2.42. The first-order valence-corrected chi connectivity index (χ1v) is 17.8. The predicted octanol–water partition coefficient (Wildman–Crippen LogP) is 8.40. The van der Waals surface area contributed by atoms with Crippen LogP contribution in [0, 0.1) is 11.8 Å². The Morgan fingerprint density at radius 1 is 1.03 bits per heavy atom. The molecule has 0 atom stereocenters. The number of carbonyl (C=O) groups is 1. The third-order valence-corrected chi connectivity index (χ3v) is 8.65. The molecule has 0 amide bonds. The first-order chi connectivity index (χ1) is 17.3. The van der Waals surface area contributed by atoms with Crippen LogP contribution in [0.25, 0.3) is 5.70 Å². The fraction of sp³-hybridized carbons (Fsp3) is 0.594. The number of allylic oxidation sites excluding steroid dienone is 5. The molecule has 2 rings (SSSR count). The number of aromatic nitrogens is 1. The van der Waals surface area contributed by atoms with Crippen LogP contribution in [-0.4, -0.2) is 25.2 Å². The van der Waals surface area contributed by atoms with E-state index in [0.717, 1.165) is 31.3 Å². The Bertz CT molecular complexity index is 991. The SMILES string of the molecule is CCCCCCC#CC1=C(CCCCCC)C(n2cccc2[Si](C)(C)C)=C/C(=C\C(=O)OCC)CC1. The summed E-state index contributed by atoms with van der Waals surface area (Å²) >= 11 is 0. The normalized spacial score (nSPS) is 15.4. The molecule has 0 radical (unpaired) electrons. The number of esters is 1. The predicted molar refractivity (Wildman–Crippen MR) is 158 cm³/mol. The van der Waals surface area contributed by atoms with Gasteiger partial charge in [0.2, 0.25) is 0 Å². The summed E-state index contributed by atoms with van der Waals surface area (Å²) in [6, 6.07) is 4.45. The molecule has 1 aromatic heterocycles. The van der Waals surface area contributed by atoms with Crippen molar-refractivity contribution in [3.8, 4) is 11.8 Å². The Labute approximate surface area is 222 Å². The van der Waals surface area contributed by atoms with Crippen molar-refractivity contribution in [3.05, 3.63) is 47.2 Å². The van der Waals surface area contributed by atoms with E-state index in [1.165, 1.54) is 73.5 Å². The summed E-state index contributed by atoms with van der Waals surface area (Å²) in [5, 5.41) is 1.41. The molecule has 1 aliphatic rings. The zero-order chi connectivity index (χ0) is 26.4. The highest BCUT2D eigenvalue weighted by Gasteiger charge is 2.25. The summed E-state index contributed by atoms with van der Waals surface area (Å²) in [5.41, 5.74) is 4.87. The smallest absolute Gasteiger partial charge is 0.331 e. The van der Waals surface area contributed by atoms with E-state index in [1.54, 1.807) is 6.08 Å². The van der Waals surface area contributed by atoms with Crippen LogP contribution in [0.2, 0.25) is 19.6 Å². The van der Waals surface area contributed by atoms with E-state index in [2.05, 4.69) is 74.3 Å². The standard InChI is InChI=1S/C32H49NO2Si/c1-7-10-12-14-15-16-19-28-23-22-27(26-32(34)35-9-3)25-30(29(28)20-17-13-11-8-2)33-24-18-21-31(33)36(4,5)6/h18,21,24-26H,7-15,17,20,22-23H2,1-6H3/b27-26-. The van der Waals surface area contributed by atoms with E-state index in [0.29, 0.717) is 6.61 Å². The Kier molecular flexibility index (Phi) is 13.1. The number of ether oxygens (including phenoxy) is 1. The molecule has 0 spiro atoms. The van der Waals surface area contributed by atoms with Crippen molar-refractivity contribution >= 4 is 25.1 Å². The highest BCUT2D eigenvalue weighted by molar-refractivity contribution is 6.88. The van der Waals surface area contributed by atoms with Crippen molar-refractivity contribution in [1.29, 1.82) is 0 Å². The quantitative estimate of drug-likeness (QED) is 0.0882. The van der Waals surface area contributed by atoms with Crippen molar-refractivity contribution in [1.82, 2.24) is 4.57 Å². The molecule has 1 aliphatic carbocycles. The van der Waals surface area contributed by atoms with Crippen molar-refractivity contribution < 1.29 is 9.53 Å². The minimum Gasteiger partial charge on any atom is -0.463 e. The van der Waals surface area contributed by atoms with Gasteiger partial charge in [0.1, 0.15) is 0 Å². The molecule has 0 unspecified atom stereocenters.